The SMILES string of the molecule is Cc1ccc(N(C=O)[C@H]2CCCN2C)cc1C1CCN(Cc2ccc(Oc3cc(F)c(F)cc3F)cc2)CC1. The van der Waals surface area contributed by atoms with E-state index in [0.717, 1.165) is 69.5 Å². The van der Waals surface area contributed by atoms with Crippen LogP contribution < -0.4 is 9.64 Å². The Morgan fingerprint density at radius 2 is 1.64 bits per heavy atom. The fourth-order valence-electron chi connectivity index (χ4n) is 5.81. The Morgan fingerprint density at radius 1 is 0.923 bits per heavy atom. The Bertz CT molecular complexity index is 1310. The van der Waals surface area contributed by atoms with Gasteiger partial charge in [-0.05, 0) is 106 Å². The van der Waals surface area contributed by atoms with Crippen molar-refractivity contribution in [2.45, 2.75) is 51.2 Å². The summed E-state index contributed by atoms with van der Waals surface area (Å²) in [7, 11) is 2.08. The monoisotopic (exact) mass is 537 g/mol. The smallest absolute Gasteiger partial charge is 0.215 e. The number of likely N-dealkylation sites (tertiary alicyclic amines) is 2. The molecule has 1 amide bonds. The highest BCUT2D eigenvalue weighted by Gasteiger charge is 2.29. The van der Waals surface area contributed by atoms with Gasteiger partial charge in [-0.1, -0.05) is 18.2 Å². The van der Waals surface area contributed by atoms with Gasteiger partial charge in [0.25, 0.3) is 0 Å². The number of piperidine rings is 1. The number of halogens is 3. The van der Waals surface area contributed by atoms with Crippen molar-refractivity contribution in [1.82, 2.24) is 9.80 Å². The zero-order valence-corrected chi connectivity index (χ0v) is 22.4. The van der Waals surface area contributed by atoms with Crippen LogP contribution >= 0.6 is 0 Å². The maximum atomic E-state index is 13.9. The molecule has 5 nitrogen and oxygen atoms in total. The molecule has 39 heavy (non-hydrogen) atoms. The number of amides is 1. The van der Waals surface area contributed by atoms with E-state index in [9.17, 15) is 18.0 Å². The number of benzene rings is 3. The van der Waals surface area contributed by atoms with Gasteiger partial charge in [-0.2, -0.15) is 0 Å². The second kappa shape index (κ2) is 11.8. The molecule has 0 saturated carbocycles. The molecule has 2 aliphatic heterocycles. The first-order chi connectivity index (χ1) is 18.8. The second-order valence-corrected chi connectivity index (χ2v) is 10.7. The standard InChI is InChI=1S/C31H34F3N3O2/c1-21-5-8-24(37(20-38)31-4-3-13-35(31)2)16-26(21)23-11-14-36(15-12-23)19-22-6-9-25(10-7-22)39-30-18-28(33)27(32)17-29(30)34/h5-10,16-18,20,23,31H,3-4,11-15,19H2,1-2H3/t31-/m0/s1. The maximum absolute atomic E-state index is 13.9. The van der Waals surface area contributed by atoms with E-state index >= 15 is 0 Å². The number of anilines is 1. The summed E-state index contributed by atoms with van der Waals surface area (Å²) in [4.78, 5) is 18.5. The molecular weight excluding hydrogens is 503 g/mol. The molecule has 2 fully saturated rings. The molecule has 8 heteroatoms. The van der Waals surface area contributed by atoms with Crippen molar-refractivity contribution in [3.05, 3.63) is 88.7 Å². The molecule has 0 aromatic heterocycles. The van der Waals surface area contributed by atoms with Crippen molar-refractivity contribution >= 4 is 12.1 Å². The number of hydrogen-bond acceptors (Lipinski definition) is 4. The summed E-state index contributed by atoms with van der Waals surface area (Å²) in [6.07, 6.45) is 5.24. The lowest BCUT2D eigenvalue weighted by atomic mass is 9.86. The minimum absolute atomic E-state index is 0.118. The zero-order valence-electron chi connectivity index (χ0n) is 22.4. The number of carbonyl (C=O) groups is 1. The molecule has 5 rings (SSSR count). The van der Waals surface area contributed by atoms with Gasteiger partial charge in [-0.25, -0.2) is 13.2 Å². The summed E-state index contributed by atoms with van der Waals surface area (Å²) in [6, 6.07) is 14.8. The number of nitrogens with zero attached hydrogens (tertiary/aromatic N) is 3. The van der Waals surface area contributed by atoms with E-state index in [1.165, 1.54) is 11.1 Å². The third-order valence-electron chi connectivity index (χ3n) is 8.04. The van der Waals surface area contributed by atoms with E-state index in [1.807, 2.05) is 17.0 Å². The van der Waals surface area contributed by atoms with Crippen LogP contribution in [0.2, 0.25) is 0 Å². The van der Waals surface area contributed by atoms with Crippen molar-refractivity contribution in [2.24, 2.45) is 0 Å². The first kappa shape index (κ1) is 27.2. The first-order valence-electron chi connectivity index (χ1n) is 13.5. The number of aryl methyl sites for hydroxylation is 1. The molecule has 0 N–H and O–H groups in total. The fourth-order valence-corrected chi connectivity index (χ4v) is 5.81. The van der Waals surface area contributed by atoms with E-state index in [0.29, 0.717) is 23.8 Å². The average molecular weight is 538 g/mol. The molecule has 2 heterocycles. The van der Waals surface area contributed by atoms with Crippen LogP contribution in [0, 0.1) is 24.4 Å². The largest absolute Gasteiger partial charge is 0.454 e. The first-order valence-corrected chi connectivity index (χ1v) is 13.5. The minimum atomic E-state index is -1.25. The van der Waals surface area contributed by atoms with E-state index in [2.05, 4.69) is 42.0 Å². The Kier molecular flexibility index (Phi) is 8.23. The average Bonchev–Trinajstić information content (AvgIpc) is 3.35. The third-order valence-corrected chi connectivity index (χ3v) is 8.04. The van der Waals surface area contributed by atoms with Gasteiger partial charge in [0, 0.05) is 24.4 Å². The van der Waals surface area contributed by atoms with Crippen molar-refractivity contribution < 1.29 is 22.7 Å². The van der Waals surface area contributed by atoms with E-state index < -0.39 is 17.5 Å². The lowest BCUT2D eigenvalue weighted by Gasteiger charge is -2.34. The fraction of sp³-hybridized carbons (Fsp3) is 0.387. The van der Waals surface area contributed by atoms with Gasteiger partial charge in [-0.15, -0.1) is 0 Å². The second-order valence-electron chi connectivity index (χ2n) is 10.7. The molecule has 0 aliphatic carbocycles. The molecule has 3 aromatic carbocycles. The quantitative estimate of drug-likeness (QED) is 0.240. The van der Waals surface area contributed by atoms with Crippen LogP contribution in [0.3, 0.4) is 0 Å². The molecule has 2 aliphatic rings. The molecular formula is C31H34F3N3O2. The third kappa shape index (κ3) is 6.12. The molecule has 0 spiro atoms. The van der Waals surface area contributed by atoms with Gasteiger partial charge >= 0.3 is 0 Å². The van der Waals surface area contributed by atoms with Gasteiger partial charge in [0.1, 0.15) is 5.75 Å². The topological polar surface area (TPSA) is 36.0 Å². The summed E-state index contributed by atoms with van der Waals surface area (Å²) < 4.78 is 45.9. The summed E-state index contributed by atoms with van der Waals surface area (Å²) >= 11 is 0. The van der Waals surface area contributed by atoms with Crippen molar-refractivity contribution in [3.8, 4) is 11.5 Å². The van der Waals surface area contributed by atoms with Gasteiger partial charge in [0.2, 0.25) is 6.41 Å². The summed E-state index contributed by atoms with van der Waals surface area (Å²) in [5, 5.41) is 0. The van der Waals surface area contributed by atoms with E-state index in [-0.39, 0.29) is 11.9 Å². The van der Waals surface area contributed by atoms with Crippen LogP contribution in [0.25, 0.3) is 0 Å². The summed E-state index contributed by atoms with van der Waals surface area (Å²) in [5.41, 5.74) is 4.64. The highest BCUT2D eigenvalue weighted by atomic mass is 19.2. The van der Waals surface area contributed by atoms with E-state index in [1.54, 1.807) is 12.1 Å². The Balaban J connectivity index is 1.18. The van der Waals surface area contributed by atoms with Crippen LogP contribution in [0.5, 0.6) is 11.5 Å². The van der Waals surface area contributed by atoms with Gasteiger partial charge in [0.05, 0.1) is 6.17 Å². The molecule has 3 aromatic rings. The minimum Gasteiger partial charge on any atom is -0.454 e. The highest BCUT2D eigenvalue weighted by Crippen LogP contribution is 2.35. The molecule has 0 bridgehead atoms. The van der Waals surface area contributed by atoms with Crippen molar-refractivity contribution in [1.29, 1.82) is 0 Å². The highest BCUT2D eigenvalue weighted by molar-refractivity contribution is 5.76. The summed E-state index contributed by atoms with van der Waals surface area (Å²) in [6.45, 7) is 5.84. The predicted molar refractivity (Wildman–Crippen MR) is 145 cm³/mol. The Labute approximate surface area is 227 Å². The van der Waals surface area contributed by atoms with Gasteiger partial charge in [0.15, 0.2) is 23.2 Å². The van der Waals surface area contributed by atoms with Crippen molar-refractivity contribution in [3.63, 3.8) is 0 Å². The number of ether oxygens (including phenoxy) is 1. The van der Waals surface area contributed by atoms with Crippen LogP contribution in [-0.4, -0.2) is 49.1 Å². The van der Waals surface area contributed by atoms with Gasteiger partial charge < -0.3 is 4.74 Å². The van der Waals surface area contributed by atoms with Crippen LogP contribution in [-0.2, 0) is 11.3 Å². The number of rotatable bonds is 8. The number of carbonyl (C=O) groups excluding carboxylic acids is 1. The lowest BCUT2D eigenvalue weighted by Crippen LogP contribution is -2.42. The van der Waals surface area contributed by atoms with E-state index in [4.69, 9.17) is 4.74 Å². The molecule has 0 unspecified atom stereocenters. The Hall–Kier alpha value is -3.36. The molecule has 206 valence electrons. The van der Waals surface area contributed by atoms with Crippen LogP contribution in [0.15, 0.2) is 54.6 Å². The molecule has 2 saturated heterocycles. The number of hydrogen-bond donors (Lipinski definition) is 0. The predicted octanol–water partition coefficient (Wildman–Crippen LogP) is 6.60. The lowest BCUT2D eigenvalue weighted by molar-refractivity contribution is -0.108. The Morgan fingerprint density at radius 3 is 2.31 bits per heavy atom. The van der Waals surface area contributed by atoms with Crippen LogP contribution in [0.1, 0.15) is 48.3 Å². The normalized spacial score (nSPS) is 18.8. The zero-order chi connectivity index (χ0) is 27.5. The maximum Gasteiger partial charge on any atom is 0.215 e. The van der Waals surface area contributed by atoms with Crippen molar-refractivity contribution in [2.75, 3.05) is 31.6 Å². The molecule has 0 radical (unpaired) electrons. The van der Waals surface area contributed by atoms with Crippen LogP contribution in [0.4, 0.5) is 18.9 Å². The van der Waals surface area contributed by atoms with Gasteiger partial charge in [-0.3, -0.25) is 19.5 Å². The molecule has 1 atom stereocenters. The summed E-state index contributed by atoms with van der Waals surface area (Å²) in [5.74, 6) is -2.91.